The molecule has 56 valence electrons. The van der Waals surface area contributed by atoms with Crippen LogP contribution in [0.5, 0.6) is 0 Å². The van der Waals surface area contributed by atoms with Crippen molar-refractivity contribution in [1.29, 1.82) is 0 Å². The number of hydrogen-bond acceptors (Lipinski definition) is 2. The lowest BCUT2D eigenvalue weighted by Crippen LogP contribution is -2.09. The molecular weight excluding hydrogens is 164 g/mol. The number of aromatic carboxylic acids is 1. The van der Waals surface area contributed by atoms with Crippen molar-refractivity contribution in [2.24, 2.45) is 0 Å². The van der Waals surface area contributed by atoms with E-state index in [0.29, 0.717) is 0 Å². The van der Waals surface area contributed by atoms with Gasteiger partial charge in [0.2, 0.25) is 0 Å². The van der Waals surface area contributed by atoms with Gasteiger partial charge in [0.25, 0.3) is 0 Å². The molecule has 11 heavy (non-hydrogen) atoms. The van der Waals surface area contributed by atoms with Crippen LogP contribution < -0.4 is 5.46 Å². The Balaban J connectivity index is 3.23. The molecule has 0 saturated heterocycles. The Hall–Kier alpha value is -1.03. The Morgan fingerprint density at radius 2 is 2.36 bits per heavy atom. The van der Waals surface area contributed by atoms with E-state index in [4.69, 9.17) is 16.7 Å². The number of carboxylic acids is 1. The zero-order valence-electron chi connectivity index (χ0n) is 5.84. The summed E-state index contributed by atoms with van der Waals surface area (Å²) in [6, 6.07) is 1.48. The highest BCUT2D eigenvalue weighted by Crippen LogP contribution is 2.09. The molecule has 0 aromatic carbocycles. The molecule has 1 aromatic rings. The highest BCUT2D eigenvalue weighted by Gasteiger charge is 2.08. The van der Waals surface area contributed by atoms with Crippen molar-refractivity contribution in [3.63, 3.8) is 0 Å². The summed E-state index contributed by atoms with van der Waals surface area (Å²) < 4.78 is 0. The standard InChI is InChI=1S/C6H5BClNO2/c7-3-1-4(6(10)11)5(8)9-2-3/h1-2H,7H2,(H,10,11). The second kappa shape index (κ2) is 2.92. The summed E-state index contributed by atoms with van der Waals surface area (Å²) in [7, 11) is 1.76. The topological polar surface area (TPSA) is 50.2 Å². The Kier molecular flexibility index (Phi) is 2.15. The Morgan fingerprint density at radius 1 is 1.73 bits per heavy atom. The van der Waals surface area contributed by atoms with Crippen LogP contribution in [0.15, 0.2) is 12.3 Å². The molecule has 1 N–H and O–H groups in total. The molecule has 1 aromatic heterocycles. The molecule has 0 aliphatic rings. The minimum Gasteiger partial charge on any atom is -0.478 e. The zero-order chi connectivity index (χ0) is 8.43. The summed E-state index contributed by atoms with van der Waals surface area (Å²) in [5.74, 6) is -1.05. The van der Waals surface area contributed by atoms with Crippen molar-refractivity contribution in [2.75, 3.05) is 0 Å². The van der Waals surface area contributed by atoms with Crippen LogP contribution in [0, 0.1) is 0 Å². The number of halogens is 1. The van der Waals surface area contributed by atoms with Gasteiger partial charge >= 0.3 is 5.97 Å². The van der Waals surface area contributed by atoms with Gasteiger partial charge in [-0.1, -0.05) is 17.1 Å². The molecule has 0 aliphatic carbocycles. The van der Waals surface area contributed by atoms with Crippen LogP contribution in [-0.2, 0) is 0 Å². The molecule has 0 atom stereocenters. The van der Waals surface area contributed by atoms with Crippen molar-refractivity contribution in [3.8, 4) is 0 Å². The van der Waals surface area contributed by atoms with Gasteiger partial charge in [-0.25, -0.2) is 9.78 Å². The molecule has 0 saturated carbocycles. The molecule has 0 bridgehead atoms. The highest BCUT2D eigenvalue weighted by molar-refractivity contribution is 6.35. The van der Waals surface area contributed by atoms with Gasteiger partial charge < -0.3 is 5.11 Å². The molecule has 0 fully saturated rings. The van der Waals surface area contributed by atoms with E-state index in [1.165, 1.54) is 12.3 Å². The highest BCUT2D eigenvalue weighted by atomic mass is 35.5. The quantitative estimate of drug-likeness (QED) is 0.463. The predicted octanol–water partition coefficient (Wildman–Crippen LogP) is -0.308. The number of carboxylic acid groups (broad SMARTS) is 1. The van der Waals surface area contributed by atoms with E-state index in [0.717, 1.165) is 5.46 Å². The smallest absolute Gasteiger partial charge is 0.338 e. The summed E-state index contributed by atoms with van der Waals surface area (Å²) in [4.78, 5) is 14.1. The van der Waals surface area contributed by atoms with Gasteiger partial charge in [-0.05, 0) is 6.07 Å². The van der Waals surface area contributed by atoms with Crippen LogP contribution in [0.25, 0.3) is 0 Å². The molecule has 0 aliphatic heterocycles. The SMILES string of the molecule is Bc1cnc(Cl)c(C(=O)O)c1. The first-order chi connectivity index (χ1) is 5.11. The fraction of sp³-hybridized carbons (Fsp3) is 0. The summed E-state index contributed by atoms with van der Waals surface area (Å²) >= 11 is 5.50. The lowest BCUT2D eigenvalue weighted by atomic mass is 9.97. The maximum absolute atomic E-state index is 10.4. The van der Waals surface area contributed by atoms with Crippen LogP contribution in [0.1, 0.15) is 10.4 Å². The minimum absolute atomic E-state index is 0.0306. The second-order valence-corrected chi connectivity index (χ2v) is 2.51. The van der Waals surface area contributed by atoms with Crippen molar-refractivity contribution < 1.29 is 9.90 Å². The van der Waals surface area contributed by atoms with Crippen LogP contribution in [-0.4, -0.2) is 23.9 Å². The largest absolute Gasteiger partial charge is 0.478 e. The molecule has 5 heteroatoms. The van der Waals surface area contributed by atoms with Crippen molar-refractivity contribution in [1.82, 2.24) is 4.98 Å². The second-order valence-electron chi connectivity index (χ2n) is 2.16. The predicted molar refractivity (Wildman–Crippen MR) is 44.4 cm³/mol. The van der Waals surface area contributed by atoms with Gasteiger partial charge in [-0.3, -0.25) is 0 Å². The summed E-state index contributed by atoms with van der Waals surface area (Å²) in [6.07, 6.45) is 1.52. The third-order valence-corrected chi connectivity index (χ3v) is 1.51. The zero-order valence-corrected chi connectivity index (χ0v) is 6.59. The van der Waals surface area contributed by atoms with Gasteiger partial charge in [0, 0.05) is 6.20 Å². The van der Waals surface area contributed by atoms with Gasteiger partial charge in [-0.2, -0.15) is 0 Å². The number of carbonyl (C=O) groups is 1. The summed E-state index contributed by atoms with van der Waals surface area (Å²) in [5.41, 5.74) is 0.832. The lowest BCUT2D eigenvalue weighted by Gasteiger charge is -1.97. The van der Waals surface area contributed by atoms with Crippen LogP contribution in [0.3, 0.4) is 0 Å². The normalized spacial score (nSPS) is 9.55. The Labute approximate surface area is 69.4 Å². The Morgan fingerprint density at radius 3 is 2.82 bits per heavy atom. The fourth-order valence-electron chi connectivity index (χ4n) is 0.702. The number of aromatic nitrogens is 1. The molecule has 1 rings (SSSR count). The maximum Gasteiger partial charge on any atom is 0.338 e. The molecule has 3 nitrogen and oxygen atoms in total. The van der Waals surface area contributed by atoms with E-state index in [9.17, 15) is 4.79 Å². The number of rotatable bonds is 1. The van der Waals surface area contributed by atoms with Crippen LogP contribution in [0.4, 0.5) is 0 Å². The van der Waals surface area contributed by atoms with E-state index in [2.05, 4.69) is 4.98 Å². The molecule has 0 unspecified atom stereocenters. The molecule has 0 spiro atoms. The first-order valence-corrected chi connectivity index (χ1v) is 3.34. The van der Waals surface area contributed by atoms with E-state index >= 15 is 0 Å². The molecular formula is C6H5BClNO2. The summed E-state index contributed by atoms with van der Waals surface area (Å²) in [5, 5.41) is 8.60. The van der Waals surface area contributed by atoms with Crippen molar-refractivity contribution in [2.45, 2.75) is 0 Å². The number of pyridine rings is 1. The van der Waals surface area contributed by atoms with Gasteiger partial charge in [0.15, 0.2) is 0 Å². The van der Waals surface area contributed by atoms with Crippen LogP contribution in [0.2, 0.25) is 5.15 Å². The first-order valence-electron chi connectivity index (χ1n) is 2.96. The van der Waals surface area contributed by atoms with E-state index in [1.807, 2.05) is 0 Å². The minimum atomic E-state index is -1.05. The monoisotopic (exact) mass is 169 g/mol. The summed E-state index contributed by atoms with van der Waals surface area (Å²) in [6.45, 7) is 0. The number of hydrogen-bond donors (Lipinski definition) is 1. The first kappa shape index (κ1) is 8.08. The van der Waals surface area contributed by atoms with Gasteiger partial charge in [-0.15, -0.1) is 0 Å². The lowest BCUT2D eigenvalue weighted by molar-refractivity contribution is 0.0697. The average Bonchev–Trinajstić information content (AvgIpc) is 1.94. The maximum atomic E-state index is 10.4. The average molecular weight is 169 g/mol. The molecule has 0 amide bonds. The fourth-order valence-corrected chi connectivity index (χ4v) is 0.887. The van der Waals surface area contributed by atoms with Crippen LogP contribution >= 0.6 is 11.6 Å². The van der Waals surface area contributed by atoms with E-state index in [1.54, 1.807) is 7.85 Å². The third-order valence-electron chi connectivity index (χ3n) is 1.21. The van der Waals surface area contributed by atoms with E-state index < -0.39 is 5.97 Å². The van der Waals surface area contributed by atoms with E-state index in [-0.39, 0.29) is 10.7 Å². The van der Waals surface area contributed by atoms with Gasteiger partial charge in [0.05, 0.1) is 5.56 Å². The molecule has 0 radical (unpaired) electrons. The molecule has 1 heterocycles. The Bertz CT molecular complexity index is 303. The van der Waals surface area contributed by atoms with Gasteiger partial charge in [0.1, 0.15) is 13.0 Å². The van der Waals surface area contributed by atoms with Crippen molar-refractivity contribution in [3.05, 3.63) is 23.0 Å². The van der Waals surface area contributed by atoms with Crippen molar-refractivity contribution >= 4 is 30.9 Å². The third kappa shape index (κ3) is 1.71. The number of nitrogens with zero attached hydrogens (tertiary/aromatic N) is 1.